The number of nitrogens with one attached hydrogen (secondary N) is 3. The van der Waals surface area contributed by atoms with Gasteiger partial charge in [-0.2, -0.15) is 5.10 Å². The monoisotopic (exact) mass is 472 g/mol. The first-order valence-corrected chi connectivity index (χ1v) is 11.2. The fourth-order valence-corrected chi connectivity index (χ4v) is 3.00. The van der Waals surface area contributed by atoms with Crippen molar-refractivity contribution < 1.29 is 19.1 Å². The van der Waals surface area contributed by atoms with Crippen LogP contribution in [0.25, 0.3) is 0 Å². The number of hydrogen-bond donors (Lipinski definition) is 3. The Labute approximate surface area is 204 Å². The van der Waals surface area contributed by atoms with Gasteiger partial charge in [-0.1, -0.05) is 56.3 Å². The summed E-state index contributed by atoms with van der Waals surface area (Å²) in [5, 5.41) is 9.13. The highest BCUT2D eigenvalue weighted by molar-refractivity contribution is 6.39. The van der Waals surface area contributed by atoms with Gasteiger partial charge in [-0.05, 0) is 59.0 Å². The molecule has 0 saturated carbocycles. The molecule has 180 valence electrons. The number of carbonyl (C=O) groups is 3. The number of ether oxygens (including phenoxy) is 1. The summed E-state index contributed by atoms with van der Waals surface area (Å²) < 4.78 is 5.48. The highest BCUT2D eigenvalue weighted by atomic mass is 16.5. The molecular weight excluding hydrogens is 444 g/mol. The maximum absolute atomic E-state index is 12.0. The summed E-state index contributed by atoms with van der Waals surface area (Å²) >= 11 is 0. The molecule has 3 aromatic carbocycles. The normalized spacial score (nSPS) is 10.7. The Hall–Kier alpha value is -4.46. The molecule has 0 aromatic heterocycles. The summed E-state index contributed by atoms with van der Waals surface area (Å²) in [5.74, 6) is -1.02. The topological polar surface area (TPSA) is 109 Å². The smallest absolute Gasteiger partial charge is 0.329 e. The van der Waals surface area contributed by atoms with Gasteiger partial charge in [0, 0.05) is 12.2 Å². The maximum atomic E-state index is 12.0. The molecule has 8 nitrogen and oxygen atoms in total. The van der Waals surface area contributed by atoms with Crippen LogP contribution in [-0.2, 0) is 20.9 Å². The Kier molecular flexibility index (Phi) is 9.13. The molecule has 8 heteroatoms. The van der Waals surface area contributed by atoms with Gasteiger partial charge in [0.1, 0.15) is 5.75 Å². The van der Waals surface area contributed by atoms with E-state index in [1.54, 1.807) is 36.4 Å². The molecule has 0 aliphatic rings. The van der Waals surface area contributed by atoms with E-state index in [1.807, 2.05) is 42.5 Å². The molecule has 0 unspecified atom stereocenters. The SMILES string of the molecule is CC(C)c1ccc(NC(=O)C(=O)N/N=C\c2ccc(OCC(=O)NCc3ccccc3)cc2)cc1. The lowest BCUT2D eigenvalue weighted by Gasteiger charge is -2.08. The summed E-state index contributed by atoms with van der Waals surface area (Å²) in [5.41, 5.74) is 5.55. The van der Waals surface area contributed by atoms with E-state index in [0.29, 0.717) is 29.5 Å². The predicted molar refractivity (Wildman–Crippen MR) is 135 cm³/mol. The van der Waals surface area contributed by atoms with Crippen LogP contribution in [0, 0.1) is 0 Å². The van der Waals surface area contributed by atoms with E-state index in [1.165, 1.54) is 6.21 Å². The zero-order valence-corrected chi connectivity index (χ0v) is 19.7. The van der Waals surface area contributed by atoms with Gasteiger partial charge in [0.15, 0.2) is 6.61 Å². The number of carbonyl (C=O) groups excluding carboxylic acids is 3. The maximum Gasteiger partial charge on any atom is 0.329 e. The van der Waals surface area contributed by atoms with E-state index < -0.39 is 11.8 Å². The van der Waals surface area contributed by atoms with E-state index in [-0.39, 0.29) is 12.5 Å². The quantitative estimate of drug-likeness (QED) is 0.251. The van der Waals surface area contributed by atoms with Crippen LogP contribution in [-0.4, -0.2) is 30.5 Å². The van der Waals surface area contributed by atoms with Gasteiger partial charge in [-0.3, -0.25) is 14.4 Å². The van der Waals surface area contributed by atoms with Gasteiger partial charge in [0.25, 0.3) is 5.91 Å². The first kappa shape index (κ1) is 25.2. The minimum Gasteiger partial charge on any atom is -0.484 e. The minimum atomic E-state index is -0.879. The zero-order valence-electron chi connectivity index (χ0n) is 19.7. The van der Waals surface area contributed by atoms with E-state index >= 15 is 0 Å². The molecule has 0 fully saturated rings. The van der Waals surface area contributed by atoms with E-state index in [2.05, 4.69) is 35.0 Å². The second-order valence-electron chi connectivity index (χ2n) is 8.05. The summed E-state index contributed by atoms with van der Waals surface area (Å²) in [6.07, 6.45) is 1.40. The van der Waals surface area contributed by atoms with E-state index in [9.17, 15) is 14.4 Å². The van der Waals surface area contributed by atoms with Crippen LogP contribution >= 0.6 is 0 Å². The lowest BCUT2D eigenvalue weighted by atomic mass is 10.0. The molecule has 0 spiro atoms. The third kappa shape index (κ3) is 8.43. The third-order valence-corrected chi connectivity index (χ3v) is 5.00. The lowest BCUT2D eigenvalue weighted by molar-refractivity contribution is -0.136. The van der Waals surface area contributed by atoms with Crippen LogP contribution in [0.2, 0.25) is 0 Å². The van der Waals surface area contributed by atoms with Crippen molar-refractivity contribution in [2.24, 2.45) is 5.10 Å². The highest BCUT2D eigenvalue weighted by Gasteiger charge is 2.13. The van der Waals surface area contributed by atoms with Gasteiger partial charge in [0.05, 0.1) is 6.21 Å². The fourth-order valence-electron chi connectivity index (χ4n) is 3.00. The number of anilines is 1. The van der Waals surface area contributed by atoms with Crippen molar-refractivity contribution in [2.75, 3.05) is 11.9 Å². The Bertz CT molecular complexity index is 1160. The fraction of sp³-hybridized carbons (Fsp3) is 0.185. The number of amides is 3. The van der Waals surface area contributed by atoms with Crippen molar-refractivity contribution in [3.63, 3.8) is 0 Å². The lowest BCUT2D eigenvalue weighted by Crippen LogP contribution is -2.32. The molecule has 0 heterocycles. The Morgan fingerprint density at radius 1 is 0.886 bits per heavy atom. The molecule has 3 rings (SSSR count). The number of hydrogen-bond acceptors (Lipinski definition) is 5. The molecule has 0 bridgehead atoms. The molecule has 35 heavy (non-hydrogen) atoms. The second kappa shape index (κ2) is 12.7. The second-order valence-corrected chi connectivity index (χ2v) is 8.05. The molecule has 3 aromatic rings. The van der Waals surface area contributed by atoms with Gasteiger partial charge < -0.3 is 15.4 Å². The largest absolute Gasteiger partial charge is 0.484 e. The van der Waals surface area contributed by atoms with Gasteiger partial charge in [-0.15, -0.1) is 0 Å². The first-order chi connectivity index (χ1) is 16.9. The van der Waals surface area contributed by atoms with Gasteiger partial charge in [0.2, 0.25) is 0 Å². The van der Waals surface area contributed by atoms with Crippen LogP contribution in [0.3, 0.4) is 0 Å². The van der Waals surface area contributed by atoms with E-state index in [0.717, 1.165) is 11.1 Å². The van der Waals surface area contributed by atoms with Crippen LogP contribution in [0.4, 0.5) is 5.69 Å². The molecule has 3 N–H and O–H groups in total. The van der Waals surface area contributed by atoms with Crippen molar-refractivity contribution in [1.82, 2.24) is 10.7 Å². The first-order valence-electron chi connectivity index (χ1n) is 11.2. The van der Waals surface area contributed by atoms with Crippen LogP contribution in [0.15, 0.2) is 84.0 Å². The number of benzene rings is 3. The molecule has 0 aliphatic heterocycles. The molecule has 0 radical (unpaired) electrons. The summed E-state index contributed by atoms with van der Waals surface area (Å²) in [6.45, 7) is 4.48. The number of hydrazone groups is 1. The molecular formula is C27H28N4O4. The average molecular weight is 473 g/mol. The minimum absolute atomic E-state index is 0.106. The summed E-state index contributed by atoms with van der Waals surface area (Å²) in [6, 6.07) is 23.7. The molecule has 0 atom stereocenters. The number of rotatable bonds is 9. The Morgan fingerprint density at radius 2 is 1.57 bits per heavy atom. The van der Waals surface area contributed by atoms with Gasteiger partial charge >= 0.3 is 11.8 Å². The zero-order chi connectivity index (χ0) is 25.0. The molecule has 3 amide bonds. The standard InChI is InChI=1S/C27H28N4O4/c1-19(2)22-10-12-23(13-11-22)30-26(33)27(34)31-29-17-21-8-14-24(15-9-21)35-18-25(32)28-16-20-6-4-3-5-7-20/h3-15,17,19H,16,18H2,1-2H3,(H,28,32)(H,30,33)(H,31,34)/b29-17-. The summed E-state index contributed by atoms with van der Waals surface area (Å²) in [7, 11) is 0. The van der Waals surface area contributed by atoms with Crippen molar-refractivity contribution in [2.45, 2.75) is 26.3 Å². The van der Waals surface area contributed by atoms with E-state index in [4.69, 9.17) is 4.74 Å². The Morgan fingerprint density at radius 3 is 2.23 bits per heavy atom. The van der Waals surface area contributed by atoms with Crippen LogP contribution in [0.1, 0.15) is 36.5 Å². The highest BCUT2D eigenvalue weighted by Crippen LogP contribution is 2.17. The predicted octanol–water partition coefficient (Wildman–Crippen LogP) is 3.59. The molecule has 0 aliphatic carbocycles. The summed E-state index contributed by atoms with van der Waals surface area (Å²) in [4.78, 5) is 35.9. The van der Waals surface area contributed by atoms with Crippen molar-refractivity contribution in [1.29, 1.82) is 0 Å². The van der Waals surface area contributed by atoms with Crippen LogP contribution < -0.4 is 20.8 Å². The van der Waals surface area contributed by atoms with Crippen molar-refractivity contribution in [3.05, 3.63) is 95.6 Å². The average Bonchev–Trinajstić information content (AvgIpc) is 2.87. The van der Waals surface area contributed by atoms with Crippen molar-refractivity contribution in [3.8, 4) is 5.75 Å². The number of nitrogens with zero attached hydrogens (tertiary/aromatic N) is 1. The van der Waals surface area contributed by atoms with Crippen LogP contribution in [0.5, 0.6) is 5.75 Å². The molecule has 0 saturated heterocycles. The Balaban J connectivity index is 1.39. The van der Waals surface area contributed by atoms with Gasteiger partial charge in [-0.25, -0.2) is 5.43 Å². The van der Waals surface area contributed by atoms with Crippen molar-refractivity contribution >= 4 is 29.6 Å². The third-order valence-electron chi connectivity index (χ3n) is 5.00.